The van der Waals surface area contributed by atoms with Crippen LogP contribution < -0.4 is 9.47 Å². The van der Waals surface area contributed by atoms with Crippen molar-refractivity contribution in [2.24, 2.45) is 22.9 Å². The number of oxime groups is 1. The van der Waals surface area contributed by atoms with Crippen LogP contribution >= 0.6 is 11.8 Å². The predicted octanol–water partition coefficient (Wildman–Crippen LogP) is 7.22. The van der Waals surface area contributed by atoms with Gasteiger partial charge in [0.25, 0.3) is 0 Å². The van der Waals surface area contributed by atoms with Crippen LogP contribution in [0, 0.1) is 17.8 Å². The van der Waals surface area contributed by atoms with Gasteiger partial charge in [0.15, 0.2) is 0 Å². The van der Waals surface area contributed by atoms with Gasteiger partial charge in [-0.3, -0.25) is 4.90 Å². The Bertz CT molecular complexity index is 1360. The molecule has 7 atom stereocenters. The van der Waals surface area contributed by atoms with E-state index in [2.05, 4.69) is 35.8 Å². The lowest BCUT2D eigenvalue weighted by Crippen LogP contribution is -2.64. The highest BCUT2D eigenvalue weighted by atomic mass is 32.2. The monoisotopic (exact) mass is 724 g/mol. The Labute approximate surface area is 309 Å². The average molecular weight is 725 g/mol. The molecule has 2 saturated heterocycles. The lowest BCUT2D eigenvalue weighted by molar-refractivity contribution is -0.223. The van der Waals surface area contributed by atoms with Gasteiger partial charge < -0.3 is 34.0 Å². The van der Waals surface area contributed by atoms with Crippen LogP contribution in [0.5, 0.6) is 11.5 Å². The highest BCUT2D eigenvalue weighted by Gasteiger charge is 2.64. The fourth-order valence-electron chi connectivity index (χ4n) is 9.29. The molecule has 9 nitrogen and oxygen atoms in total. The number of ether oxygens (including phenoxy) is 4. The van der Waals surface area contributed by atoms with Crippen molar-refractivity contribution in [2.75, 3.05) is 52.7 Å². The molecule has 51 heavy (non-hydrogen) atoms. The molecule has 1 unspecified atom stereocenters. The molecule has 6 aliphatic rings. The molecule has 0 aromatic heterocycles. The van der Waals surface area contributed by atoms with Gasteiger partial charge in [-0.25, -0.2) is 0 Å². The number of hydrogen-bond acceptors (Lipinski definition) is 10. The van der Waals surface area contributed by atoms with Gasteiger partial charge in [0, 0.05) is 62.4 Å². The summed E-state index contributed by atoms with van der Waals surface area (Å²) in [5.74, 6) is 1.34. The molecule has 1 aromatic rings. The average Bonchev–Trinajstić information content (AvgIpc) is 3.84. The van der Waals surface area contributed by atoms with E-state index < -0.39 is 5.79 Å². The third kappa shape index (κ3) is 8.68. The molecule has 3 heterocycles. The summed E-state index contributed by atoms with van der Waals surface area (Å²) in [4.78, 5) is 8.64. The molecular weight excluding hydrogens is 665 g/mol. The Kier molecular flexibility index (Phi) is 13.0. The Morgan fingerprint density at radius 2 is 1.82 bits per heavy atom. The Morgan fingerprint density at radius 3 is 2.57 bits per heavy atom. The first-order chi connectivity index (χ1) is 25.1. The molecule has 2 N–H and O–H groups in total. The zero-order valence-corrected chi connectivity index (χ0v) is 31.2. The van der Waals surface area contributed by atoms with Crippen molar-refractivity contribution in [3.63, 3.8) is 0 Å². The van der Waals surface area contributed by atoms with Crippen LogP contribution in [0.3, 0.4) is 0 Å². The number of fused-ring (bicyclic) bond motifs is 2. The lowest BCUT2D eigenvalue weighted by Gasteiger charge is -2.58. The number of nitrogens with zero attached hydrogens (tertiary/aromatic N) is 2. The van der Waals surface area contributed by atoms with Crippen LogP contribution in [-0.4, -0.2) is 96.1 Å². The lowest BCUT2D eigenvalue weighted by atomic mass is 9.56. The van der Waals surface area contributed by atoms with E-state index in [9.17, 15) is 10.2 Å². The standard InChI is InChI=1S/C41H60N2O7S/c1-2-23-48-41-37(51-31-12-3-4-13-31)28-35(42-50-38-15-7-10-24-47-38)33-26-29(11-5-8-21-44)32(14-6-9-22-45)39(40(33)41)34-27-30(16-17-36(34)49-41)46-25-20-43-18-19-43/h2,16-17,26-27,29,31-32,37-40,44-45H,1,3-15,18-25,28H2/t29-,32+,37-,38?,39+,40+,41+/m0/s1. The summed E-state index contributed by atoms with van der Waals surface area (Å²) in [6.07, 6.45) is 18.0. The van der Waals surface area contributed by atoms with Gasteiger partial charge in [0.05, 0.1) is 30.1 Å². The number of allylic oxidation sites excluding steroid dienone is 1. The molecule has 3 aliphatic heterocycles. The first-order valence-corrected chi connectivity index (χ1v) is 20.9. The quantitative estimate of drug-likeness (QED) is 0.0663. The molecule has 10 heteroatoms. The summed E-state index contributed by atoms with van der Waals surface area (Å²) < 4.78 is 26.8. The van der Waals surface area contributed by atoms with E-state index in [1.54, 1.807) is 0 Å². The van der Waals surface area contributed by atoms with E-state index >= 15 is 0 Å². The van der Waals surface area contributed by atoms with Crippen LogP contribution in [0.25, 0.3) is 0 Å². The van der Waals surface area contributed by atoms with Crippen molar-refractivity contribution < 1.29 is 34.0 Å². The largest absolute Gasteiger partial charge is 0.492 e. The third-order valence-corrected chi connectivity index (χ3v) is 13.6. The molecule has 0 amide bonds. The molecule has 2 saturated carbocycles. The number of aliphatic hydroxyl groups is 2. The summed E-state index contributed by atoms with van der Waals surface area (Å²) in [5.41, 5.74) is 3.34. The zero-order chi connectivity index (χ0) is 35.0. The molecule has 3 aliphatic carbocycles. The Hall–Kier alpha value is -2.08. The summed E-state index contributed by atoms with van der Waals surface area (Å²) in [5, 5.41) is 25.2. The summed E-state index contributed by atoms with van der Waals surface area (Å²) in [6.45, 7) is 9.45. The maximum Gasteiger partial charge on any atom is 0.230 e. The molecule has 0 spiro atoms. The SMILES string of the molecule is C=CCO[C@@]12Oc3ccc(OCCN4CC4)cc3[C@H]3[C@H](CCCCO)[C@@H](CCCCO)C=C(C(=NOC4CCCCO4)C[C@@H]1SC1CCCC1)[C@H]32. The molecular formula is C41H60N2O7S. The number of thioether (sulfide) groups is 1. The second-order valence-electron chi connectivity index (χ2n) is 15.4. The fourth-order valence-corrected chi connectivity index (χ4v) is 11.1. The van der Waals surface area contributed by atoms with Crippen LogP contribution in [0.1, 0.15) is 101 Å². The van der Waals surface area contributed by atoms with Crippen LogP contribution in [0.15, 0.2) is 47.7 Å². The molecule has 0 radical (unpaired) electrons. The van der Waals surface area contributed by atoms with Gasteiger partial charge in [0.1, 0.15) is 18.1 Å². The van der Waals surface area contributed by atoms with Gasteiger partial charge in [0.2, 0.25) is 12.1 Å². The van der Waals surface area contributed by atoms with Crippen LogP contribution in [0.2, 0.25) is 0 Å². The molecule has 1 aromatic carbocycles. The van der Waals surface area contributed by atoms with E-state index in [4.69, 9.17) is 28.9 Å². The minimum absolute atomic E-state index is 0.000484. The number of aliphatic hydroxyl groups excluding tert-OH is 2. The molecule has 0 bridgehead atoms. The predicted molar refractivity (Wildman–Crippen MR) is 201 cm³/mol. The number of unbranched alkanes of at least 4 members (excludes halogenated alkanes) is 2. The minimum atomic E-state index is -0.918. The summed E-state index contributed by atoms with van der Waals surface area (Å²) >= 11 is 2.04. The molecule has 282 valence electrons. The molecule has 7 rings (SSSR count). The van der Waals surface area contributed by atoms with Gasteiger partial charge in [-0.1, -0.05) is 43.0 Å². The topological polar surface area (TPSA) is 102 Å². The second kappa shape index (κ2) is 17.8. The van der Waals surface area contributed by atoms with Crippen LogP contribution in [0.4, 0.5) is 0 Å². The normalized spacial score (nSPS) is 32.5. The van der Waals surface area contributed by atoms with Crippen molar-refractivity contribution in [1.29, 1.82) is 0 Å². The van der Waals surface area contributed by atoms with Crippen molar-refractivity contribution in [2.45, 2.75) is 118 Å². The first-order valence-electron chi connectivity index (χ1n) is 20.0. The highest BCUT2D eigenvalue weighted by Crippen LogP contribution is 2.63. The Morgan fingerprint density at radius 1 is 1.02 bits per heavy atom. The first kappa shape index (κ1) is 37.2. The van der Waals surface area contributed by atoms with Crippen LogP contribution in [-0.2, 0) is 14.3 Å². The van der Waals surface area contributed by atoms with Crippen molar-refractivity contribution in [3.05, 3.63) is 48.1 Å². The van der Waals surface area contributed by atoms with E-state index in [1.807, 2.05) is 17.8 Å². The maximum absolute atomic E-state index is 9.88. The second-order valence-corrected chi connectivity index (χ2v) is 16.9. The van der Waals surface area contributed by atoms with Gasteiger partial charge >= 0.3 is 0 Å². The fraction of sp³-hybridized carbons (Fsp3) is 0.732. The zero-order valence-electron chi connectivity index (χ0n) is 30.4. The van der Waals surface area contributed by atoms with Crippen molar-refractivity contribution in [1.82, 2.24) is 4.90 Å². The van der Waals surface area contributed by atoms with E-state index in [0.717, 1.165) is 94.6 Å². The van der Waals surface area contributed by atoms with E-state index in [0.29, 0.717) is 31.5 Å². The number of hydrogen-bond donors (Lipinski definition) is 2. The highest BCUT2D eigenvalue weighted by molar-refractivity contribution is 8.00. The summed E-state index contributed by atoms with van der Waals surface area (Å²) in [6, 6.07) is 6.42. The van der Waals surface area contributed by atoms with Gasteiger partial charge in [-0.15, -0.1) is 18.3 Å². The van der Waals surface area contributed by atoms with Gasteiger partial charge in [-0.05, 0) is 87.0 Å². The minimum Gasteiger partial charge on any atom is -0.492 e. The van der Waals surface area contributed by atoms with Crippen molar-refractivity contribution in [3.8, 4) is 11.5 Å². The van der Waals surface area contributed by atoms with Crippen molar-refractivity contribution >= 4 is 17.5 Å². The van der Waals surface area contributed by atoms with E-state index in [1.165, 1.54) is 36.8 Å². The number of rotatable bonds is 19. The summed E-state index contributed by atoms with van der Waals surface area (Å²) in [7, 11) is 0. The number of benzene rings is 1. The maximum atomic E-state index is 9.88. The molecule has 4 fully saturated rings. The Balaban J connectivity index is 1.35. The van der Waals surface area contributed by atoms with Gasteiger partial charge in [-0.2, -0.15) is 0 Å². The third-order valence-electron chi connectivity index (χ3n) is 11.9. The van der Waals surface area contributed by atoms with E-state index in [-0.39, 0.29) is 48.4 Å². The smallest absolute Gasteiger partial charge is 0.230 e.